The lowest BCUT2D eigenvalue weighted by atomic mass is 9.91. The molecule has 0 saturated carbocycles. The first-order valence-corrected chi connectivity index (χ1v) is 14.7. The van der Waals surface area contributed by atoms with E-state index in [1.54, 1.807) is 50.8 Å². The highest BCUT2D eigenvalue weighted by Crippen LogP contribution is 2.28. The second-order valence-electron chi connectivity index (χ2n) is 9.26. The maximum absolute atomic E-state index is 12.1. The molecule has 1 amide bonds. The van der Waals surface area contributed by atoms with Crippen molar-refractivity contribution in [2.75, 3.05) is 50.3 Å². The average Bonchev–Trinajstić information content (AvgIpc) is 2.67. The lowest BCUT2D eigenvalue weighted by Crippen LogP contribution is -2.35. The lowest BCUT2D eigenvalue weighted by Gasteiger charge is -2.27. The second kappa shape index (κ2) is 13.2. The highest BCUT2D eigenvalue weighted by Gasteiger charge is 2.22. The van der Waals surface area contributed by atoms with Crippen molar-refractivity contribution in [2.45, 2.75) is 45.6 Å². The minimum absolute atomic E-state index is 0.000114. The topological polar surface area (TPSA) is 166 Å². The van der Waals surface area contributed by atoms with E-state index in [-0.39, 0.29) is 39.3 Å². The van der Waals surface area contributed by atoms with E-state index < -0.39 is 43.8 Å². The van der Waals surface area contributed by atoms with Gasteiger partial charge < -0.3 is 20.1 Å². The first kappa shape index (κ1) is 31.6. The highest BCUT2D eigenvalue weighted by molar-refractivity contribution is 7.86. The fourth-order valence-electron chi connectivity index (χ4n) is 3.26. The first-order valence-electron chi connectivity index (χ1n) is 11.1. The molecule has 1 rings (SSSR count). The standard InChI is InChI=1S/C22H36N2O10S2/c1-16-7-8-18(24(9-11-32-35(5,28)29)10-12-33-36(6,30)31)14-19(16)17(13-20(25)26)15-23-21(27)34-22(2,3)4/h7-8,14,17H,9-13,15H2,1-6H3,(H,23,27)(H,25,26). The van der Waals surface area contributed by atoms with Crippen LogP contribution in [0.4, 0.5) is 10.5 Å². The number of benzene rings is 1. The van der Waals surface area contributed by atoms with Crippen LogP contribution in [-0.4, -0.2) is 85.0 Å². The van der Waals surface area contributed by atoms with E-state index in [0.717, 1.165) is 18.1 Å². The molecule has 14 heteroatoms. The van der Waals surface area contributed by atoms with Crippen LogP contribution in [0.3, 0.4) is 0 Å². The van der Waals surface area contributed by atoms with E-state index in [0.29, 0.717) is 11.3 Å². The zero-order valence-electron chi connectivity index (χ0n) is 21.4. The summed E-state index contributed by atoms with van der Waals surface area (Å²) < 4.78 is 60.3. The summed E-state index contributed by atoms with van der Waals surface area (Å²) in [5.41, 5.74) is 1.27. The van der Waals surface area contributed by atoms with E-state index in [4.69, 9.17) is 13.1 Å². The van der Waals surface area contributed by atoms with Gasteiger partial charge in [-0.3, -0.25) is 13.2 Å². The van der Waals surface area contributed by atoms with Crippen molar-refractivity contribution in [2.24, 2.45) is 0 Å². The highest BCUT2D eigenvalue weighted by atomic mass is 32.2. The maximum atomic E-state index is 12.1. The van der Waals surface area contributed by atoms with Crippen molar-refractivity contribution in [3.63, 3.8) is 0 Å². The zero-order valence-corrected chi connectivity index (χ0v) is 23.1. The van der Waals surface area contributed by atoms with Crippen LogP contribution in [-0.2, 0) is 38.1 Å². The maximum Gasteiger partial charge on any atom is 0.407 e. The van der Waals surface area contributed by atoms with Gasteiger partial charge in [0, 0.05) is 31.2 Å². The number of rotatable bonds is 14. The Morgan fingerprint density at radius 1 is 1.03 bits per heavy atom. The number of anilines is 1. The second-order valence-corrected chi connectivity index (χ2v) is 12.5. The number of alkyl carbamates (subject to hydrolysis) is 1. The largest absolute Gasteiger partial charge is 0.481 e. The molecule has 1 aromatic carbocycles. The molecule has 0 aliphatic carbocycles. The van der Waals surface area contributed by atoms with Crippen LogP contribution < -0.4 is 10.2 Å². The number of hydrogen-bond acceptors (Lipinski definition) is 10. The molecule has 0 heterocycles. The Bertz CT molecular complexity index is 1070. The molecule has 2 N–H and O–H groups in total. The van der Waals surface area contributed by atoms with Crippen LogP contribution in [0.15, 0.2) is 18.2 Å². The molecule has 206 valence electrons. The number of carbonyl (C=O) groups excluding carboxylic acids is 1. The summed E-state index contributed by atoms with van der Waals surface area (Å²) >= 11 is 0. The molecule has 0 saturated heterocycles. The van der Waals surface area contributed by atoms with Crippen LogP contribution in [0.5, 0.6) is 0 Å². The molecule has 0 bridgehead atoms. The number of amides is 1. The molecule has 0 spiro atoms. The molecule has 1 unspecified atom stereocenters. The molecule has 1 aromatic rings. The number of hydrogen-bond donors (Lipinski definition) is 2. The first-order chi connectivity index (χ1) is 16.4. The third kappa shape index (κ3) is 13.6. The SMILES string of the molecule is Cc1ccc(N(CCOS(C)(=O)=O)CCOS(C)(=O)=O)cc1C(CNC(=O)OC(C)(C)C)CC(=O)O. The molecule has 12 nitrogen and oxygen atoms in total. The van der Waals surface area contributed by atoms with Crippen molar-refractivity contribution in [1.82, 2.24) is 5.32 Å². The summed E-state index contributed by atoms with van der Waals surface area (Å²) in [6.45, 7) is 6.72. The number of aliphatic carboxylic acids is 1. The van der Waals surface area contributed by atoms with Gasteiger partial charge in [-0.1, -0.05) is 6.07 Å². The summed E-state index contributed by atoms with van der Waals surface area (Å²) in [5.74, 6) is -1.66. The van der Waals surface area contributed by atoms with E-state index in [1.165, 1.54) is 0 Å². The van der Waals surface area contributed by atoms with E-state index in [1.807, 2.05) is 0 Å². The molecular formula is C22H36N2O10S2. The van der Waals surface area contributed by atoms with Crippen molar-refractivity contribution in [3.05, 3.63) is 29.3 Å². The van der Waals surface area contributed by atoms with Gasteiger partial charge in [-0.15, -0.1) is 0 Å². The van der Waals surface area contributed by atoms with Crippen molar-refractivity contribution < 1.29 is 44.6 Å². The van der Waals surface area contributed by atoms with Gasteiger partial charge >= 0.3 is 12.1 Å². The molecule has 36 heavy (non-hydrogen) atoms. The smallest absolute Gasteiger partial charge is 0.407 e. The quantitative estimate of drug-likeness (QED) is 0.323. The van der Waals surface area contributed by atoms with Gasteiger partial charge in [-0.05, 0) is 51.0 Å². The summed E-state index contributed by atoms with van der Waals surface area (Å²) in [6.07, 6.45) is 0.892. The summed E-state index contributed by atoms with van der Waals surface area (Å²) in [5, 5.41) is 12.1. The summed E-state index contributed by atoms with van der Waals surface area (Å²) in [6, 6.07) is 5.22. The Morgan fingerprint density at radius 2 is 1.56 bits per heavy atom. The number of ether oxygens (including phenoxy) is 1. The van der Waals surface area contributed by atoms with Gasteiger partial charge in [0.05, 0.1) is 32.1 Å². The van der Waals surface area contributed by atoms with Gasteiger partial charge in [-0.2, -0.15) is 16.8 Å². The number of carbonyl (C=O) groups is 2. The molecule has 0 aliphatic rings. The van der Waals surface area contributed by atoms with Crippen LogP contribution in [0.2, 0.25) is 0 Å². The fourth-order valence-corrected chi connectivity index (χ4v) is 4.01. The minimum atomic E-state index is -3.69. The zero-order chi connectivity index (χ0) is 27.7. The van der Waals surface area contributed by atoms with Crippen LogP contribution in [0, 0.1) is 6.92 Å². The number of aryl methyl sites for hydroxylation is 1. The molecule has 0 fully saturated rings. The molecule has 0 aliphatic heterocycles. The van der Waals surface area contributed by atoms with Gasteiger partial charge in [0.25, 0.3) is 20.2 Å². The predicted octanol–water partition coefficient (Wildman–Crippen LogP) is 1.84. The van der Waals surface area contributed by atoms with Gasteiger partial charge in [-0.25, -0.2) is 4.79 Å². The normalized spacial score (nSPS) is 13.2. The fraction of sp³-hybridized carbons (Fsp3) is 0.636. The van der Waals surface area contributed by atoms with Gasteiger partial charge in [0.2, 0.25) is 0 Å². The Labute approximate surface area is 213 Å². The third-order valence-electron chi connectivity index (χ3n) is 4.70. The number of carboxylic acid groups (broad SMARTS) is 1. The lowest BCUT2D eigenvalue weighted by molar-refractivity contribution is -0.137. The van der Waals surface area contributed by atoms with Gasteiger partial charge in [0.15, 0.2) is 0 Å². The average molecular weight is 553 g/mol. The molecule has 1 atom stereocenters. The number of carboxylic acids is 1. The third-order valence-corrected chi connectivity index (χ3v) is 5.89. The van der Waals surface area contributed by atoms with Crippen molar-refractivity contribution >= 4 is 38.0 Å². The number of nitrogens with one attached hydrogen (secondary N) is 1. The summed E-state index contributed by atoms with van der Waals surface area (Å²) in [7, 11) is -7.37. The van der Waals surface area contributed by atoms with Crippen LogP contribution >= 0.6 is 0 Å². The molecule has 0 aromatic heterocycles. The van der Waals surface area contributed by atoms with E-state index in [2.05, 4.69) is 5.32 Å². The Kier molecular flexibility index (Phi) is 11.6. The van der Waals surface area contributed by atoms with Crippen LogP contribution in [0.25, 0.3) is 0 Å². The predicted molar refractivity (Wildman–Crippen MR) is 134 cm³/mol. The van der Waals surface area contributed by atoms with Crippen LogP contribution in [0.1, 0.15) is 44.2 Å². The van der Waals surface area contributed by atoms with E-state index >= 15 is 0 Å². The molecule has 0 radical (unpaired) electrons. The van der Waals surface area contributed by atoms with Gasteiger partial charge in [0.1, 0.15) is 5.60 Å². The molecular weight excluding hydrogens is 516 g/mol. The number of nitrogens with zero attached hydrogens (tertiary/aromatic N) is 1. The monoisotopic (exact) mass is 552 g/mol. The Hall–Kier alpha value is -2.42. The van der Waals surface area contributed by atoms with Crippen molar-refractivity contribution in [3.8, 4) is 0 Å². The Balaban J connectivity index is 3.20. The van der Waals surface area contributed by atoms with E-state index in [9.17, 15) is 31.5 Å². The summed E-state index contributed by atoms with van der Waals surface area (Å²) in [4.78, 5) is 25.3. The minimum Gasteiger partial charge on any atom is -0.481 e. The van der Waals surface area contributed by atoms with Crippen molar-refractivity contribution in [1.29, 1.82) is 0 Å². The Morgan fingerprint density at radius 3 is 2.00 bits per heavy atom.